The minimum Gasteiger partial charge on any atom is -0.357 e. The van der Waals surface area contributed by atoms with Crippen molar-refractivity contribution in [1.29, 1.82) is 0 Å². The summed E-state index contributed by atoms with van der Waals surface area (Å²) in [6.45, 7) is 6.59. The van der Waals surface area contributed by atoms with Crippen molar-refractivity contribution in [3.63, 3.8) is 0 Å². The Morgan fingerprint density at radius 2 is 2.00 bits per heavy atom. The fourth-order valence-corrected chi connectivity index (χ4v) is 2.21. The topological polar surface area (TPSA) is 29.0 Å². The first-order chi connectivity index (χ1) is 8.08. The molecule has 1 aromatic heterocycles. The highest BCUT2D eigenvalue weighted by Crippen LogP contribution is 2.19. The summed E-state index contributed by atoms with van der Waals surface area (Å²) in [5, 5.41) is 0. The lowest BCUT2D eigenvalue weighted by atomic mass is 10.2. The van der Waals surface area contributed by atoms with Gasteiger partial charge in [-0.3, -0.25) is 0 Å². The molecule has 0 saturated carbocycles. The summed E-state index contributed by atoms with van der Waals surface area (Å²) in [7, 11) is 2.10. The third kappa shape index (κ3) is 4.26. The molecule has 0 radical (unpaired) electrons. The molecular weight excluding hydrogens is 278 g/mol. The first-order valence-electron chi connectivity index (χ1n) is 6.34. The smallest absolute Gasteiger partial charge is 0.133 e. The van der Waals surface area contributed by atoms with Gasteiger partial charge < -0.3 is 4.90 Å². The standard InChI is InChI=1S/C13H22BrN3/c1-5-7-10(3)17(4)13-9-11(14)15-12(16-13)8-6-2/h9-10H,5-8H2,1-4H3. The molecule has 96 valence electrons. The first-order valence-corrected chi connectivity index (χ1v) is 7.14. The van der Waals surface area contributed by atoms with Crippen LogP contribution in [0.25, 0.3) is 0 Å². The van der Waals surface area contributed by atoms with Crippen LogP contribution in [0.3, 0.4) is 0 Å². The molecule has 0 saturated heterocycles. The van der Waals surface area contributed by atoms with Crippen LogP contribution < -0.4 is 4.90 Å². The van der Waals surface area contributed by atoms with Crippen LogP contribution in [-0.4, -0.2) is 23.1 Å². The second kappa shape index (κ2) is 6.94. The number of nitrogens with zero attached hydrogens (tertiary/aromatic N) is 3. The summed E-state index contributed by atoms with van der Waals surface area (Å²) < 4.78 is 0.876. The Balaban J connectivity index is 2.88. The van der Waals surface area contributed by atoms with Crippen molar-refractivity contribution in [1.82, 2.24) is 9.97 Å². The van der Waals surface area contributed by atoms with E-state index in [9.17, 15) is 0 Å². The van der Waals surface area contributed by atoms with Gasteiger partial charge in [0.05, 0.1) is 0 Å². The fraction of sp³-hybridized carbons (Fsp3) is 0.692. The second-order valence-corrected chi connectivity index (χ2v) is 5.28. The predicted octanol–water partition coefficient (Wildman–Crippen LogP) is 3.82. The molecule has 0 aliphatic rings. The summed E-state index contributed by atoms with van der Waals surface area (Å²) >= 11 is 3.46. The van der Waals surface area contributed by atoms with Gasteiger partial charge in [0.1, 0.15) is 16.2 Å². The van der Waals surface area contributed by atoms with Gasteiger partial charge in [0.15, 0.2) is 0 Å². The molecule has 0 N–H and O–H groups in total. The van der Waals surface area contributed by atoms with Gasteiger partial charge in [-0.15, -0.1) is 0 Å². The molecule has 3 nitrogen and oxygen atoms in total. The largest absolute Gasteiger partial charge is 0.357 e. The highest BCUT2D eigenvalue weighted by atomic mass is 79.9. The zero-order valence-electron chi connectivity index (χ0n) is 11.2. The van der Waals surface area contributed by atoms with E-state index in [-0.39, 0.29) is 0 Å². The summed E-state index contributed by atoms with van der Waals surface area (Å²) in [6, 6.07) is 2.50. The van der Waals surface area contributed by atoms with Crippen molar-refractivity contribution in [2.24, 2.45) is 0 Å². The third-order valence-electron chi connectivity index (χ3n) is 2.93. The minimum absolute atomic E-state index is 0.510. The highest BCUT2D eigenvalue weighted by Gasteiger charge is 2.12. The molecule has 1 heterocycles. The van der Waals surface area contributed by atoms with Crippen LogP contribution in [0.5, 0.6) is 0 Å². The van der Waals surface area contributed by atoms with E-state index in [0.717, 1.165) is 29.1 Å². The number of halogens is 1. The lowest BCUT2D eigenvalue weighted by Gasteiger charge is -2.26. The summed E-state index contributed by atoms with van der Waals surface area (Å²) in [6.07, 6.45) is 4.38. The number of hydrogen-bond acceptors (Lipinski definition) is 3. The molecule has 0 amide bonds. The average molecular weight is 300 g/mol. The Hall–Kier alpha value is -0.640. The molecule has 0 fully saturated rings. The van der Waals surface area contributed by atoms with E-state index in [4.69, 9.17) is 0 Å². The second-order valence-electron chi connectivity index (χ2n) is 4.46. The van der Waals surface area contributed by atoms with Gasteiger partial charge in [0.2, 0.25) is 0 Å². The molecule has 0 aliphatic heterocycles. The Morgan fingerprint density at radius 3 is 2.59 bits per heavy atom. The number of anilines is 1. The van der Waals surface area contributed by atoms with Crippen molar-refractivity contribution in [3.8, 4) is 0 Å². The van der Waals surface area contributed by atoms with Gasteiger partial charge in [-0.25, -0.2) is 9.97 Å². The van der Waals surface area contributed by atoms with Crippen molar-refractivity contribution in [2.45, 2.75) is 52.5 Å². The van der Waals surface area contributed by atoms with E-state index < -0.39 is 0 Å². The van der Waals surface area contributed by atoms with Crippen molar-refractivity contribution in [3.05, 3.63) is 16.5 Å². The maximum absolute atomic E-state index is 4.61. The molecule has 1 atom stereocenters. The zero-order valence-corrected chi connectivity index (χ0v) is 12.8. The Morgan fingerprint density at radius 1 is 1.29 bits per heavy atom. The molecule has 1 rings (SSSR count). The molecule has 0 bridgehead atoms. The third-order valence-corrected chi connectivity index (χ3v) is 3.34. The number of rotatable bonds is 6. The van der Waals surface area contributed by atoms with Gasteiger partial charge in [-0.05, 0) is 35.7 Å². The summed E-state index contributed by atoms with van der Waals surface area (Å²) in [4.78, 5) is 11.2. The van der Waals surface area contributed by atoms with E-state index in [2.05, 4.69) is 58.6 Å². The Kier molecular flexibility index (Phi) is 5.89. The van der Waals surface area contributed by atoms with Crippen LogP contribution >= 0.6 is 15.9 Å². The summed E-state index contributed by atoms with van der Waals surface area (Å²) in [5.74, 6) is 1.93. The lowest BCUT2D eigenvalue weighted by molar-refractivity contribution is 0.608. The fourth-order valence-electron chi connectivity index (χ4n) is 1.80. The highest BCUT2D eigenvalue weighted by molar-refractivity contribution is 9.10. The van der Waals surface area contributed by atoms with Crippen LogP contribution in [0.15, 0.2) is 10.7 Å². The van der Waals surface area contributed by atoms with E-state index >= 15 is 0 Å². The molecule has 17 heavy (non-hydrogen) atoms. The monoisotopic (exact) mass is 299 g/mol. The quantitative estimate of drug-likeness (QED) is 0.748. The van der Waals surface area contributed by atoms with Gasteiger partial charge in [0, 0.05) is 25.6 Å². The van der Waals surface area contributed by atoms with Crippen LogP contribution in [0.1, 0.15) is 45.9 Å². The molecule has 4 heteroatoms. The maximum atomic E-state index is 4.61. The van der Waals surface area contributed by atoms with Crippen LogP contribution in [0, 0.1) is 0 Å². The number of aromatic nitrogens is 2. The van der Waals surface area contributed by atoms with Crippen LogP contribution in [0.4, 0.5) is 5.82 Å². The molecule has 0 spiro atoms. The van der Waals surface area contributed by atoms with Crippen molar-refractivity contribution < 1.29 is 0 Å². The van der Waals surface area contributed by atoms with E-state index in [1.807, 2.05) is 6.07 Å². The molecular formula is C13H22BrN3. The Bertz CT molecular complexity index is 355. The molecule has 1 unspecified atom stereocenters. The van der Waals surface area contributed by atoms with E-state index in [1.165, 1.54) is 12.8 Å². The predicted molar refractivity (Wildman–Crippen MR) is 76.5 cm³/mol. The van der Waals surface area contributed by atoms with Crippen LogP contribution in [-0.2, 0) is 6.42 Å². The molecule has 0 aliphatic carbocycles. The zero-order chi connectivity index (χ0) is 12.8. The van der Waals surface area contributed by atoms with Gasteiger partial charge in [-0.2, -0.15) is 0 Å². The van der Waals surface area contributed by atoms with Crippen molar-refractivity contribution in [2.75, 3.05) is 11.9 Å². The maximum Gasteiger partial charge on any atom is 0.133 e. The SMILES string of the molecule is CCCc1nc(Br)cc(N(C)C(C)CCC)n1. The number of aryl methyl sites for hydroxylation is 1. The van der Waals surface area contributed by atoms with Crippen molar-refractivity contribution >= 4 is 21.7 Å². The van der Waals surface area contributed by atoms with Gasteiger partial charge in [-0.1, -0.05) is 20.3 Å². The first kappa shape index (κ1) is 14.4. The van der Waals surface area contributed by atoms with E-state index in [1.54, 1.807) is 0 Å². The molecule has 0 aromatic carbocycles. The van der Waals surface area contributed by atoms with Gasteiger partial charge >= 0.3 is 0 Å². The van der Waals surface area contributed by atoms with Gasteiger partial charge in [0.25, 0.3) is 0 Å². The normalized spacial score (nSPS) is 12.5. The number of hydrogen-bond donors (Lipinski definition) is 0. The van der Waals surface area contributed by atoms with Crippen LogP contribution in [0.2, 0.25) is 0 Å². The average Bonchev–Trinajstić information content (AvgIpc) is 2.28. The lowest BCUT2D eigenvalue weighted by Crippen LogP contribution is -2.29. The molecule has 1 aromatic rings. The Labute approximate surface area is 113 Å². The summed E-state index contributed by atoms with van der Waals surface area (Å²) in [5.41, 5.74) is 0. The van der Waals surface area contributed by atoms with E-state index in [0.29, 0.717) is 6.04 Å². The minimum atomic E-state index is 0.510.